The van der Waals surface area contributed by atoms with Gasteiger partial charge in [-0.25, -0.2) is 0 Å². The number of fused-ring (bicyclic) bond motifs is 1. The van der Waals surface area contributed by atoms with E-state index in [0.29, 0.717) is 17.7 Å². The minimum absolute atomic E-state index is 0.0734. The average Bonchev–Trinajstić information content (AvgIpc) is 3.33. The fourth-order valence-corrected chi connectivity index (χ4v) is 3.46. The number of aromatic amines is 1. The molecule has 2 N–H and O–H groups in total. The number of hydrogen-bond donors (Lipinski definition) is 2. The number of hydrogen-bond acceptors (Lipinski definition) is 5. The number of H-pyrrole nitrogens is 1. The van der Waals surface area contributed by atoms with Crippen LogP contribution >= 0.6 is 11.8 Å². The summed E-state index contributed by atoms with van der Waals surface area (Å²) in [6, 6.07) is 17.7. The molecule has 0 aliphatic carbocycles. The summed E-state index contributed by atoms with van der Waals surface area (Å²) in [4.78, 5) is 15.5. The Labute approximate surface area is 160 Å². The molecule has 2 aromatic heterocycles. The Bertz CT molecular complexity index is 1060. The number of rotatable bonds is 6. The highest BCUT2D eigenvalue weighted by Gasteiger charge is 2.19. The number of nitrogens with zero attached hydrogens (tertiary/aromatic N) is 2. The third-order valence-electron chi connectivity index (χ3n) is 4.18. The van der Waals surface area contributed by atoms with E-state index in [1.807, 2.05) is 67.7 Å². The van der Waals surface area contributed by atoms with Crippen molar-refractivity contribution in [1.29, 1.82) is 0 Å². The van der Waals surface area contributed by atoms with Crippen LogP contribution in [0.15, 0.2) is 70.4 Å². The monoisotopic (exact) mass is 378 g/mol. The van der Waals surface area contributed by atoms with Gasteiger partial charge in [0.25, 0.3) is 11.1 Å². The minimum Gasteiger partial charge on any atom is -0.411 e. The summed E-state index contributed by atoms with van der Waals surface area (Å²) in [6.45, 7) is 2.32. The zero-order valence-corrected chi connectivity index (χ0v) is 15.5. The first kappa shape index (κ1) is 17.4. The number of para-hydroxylation sites is 1. The van der Waals surface area contributed by atoms with Crippen molar-refractivity contribution >= 4 is 28.6 Å². The number of thioether (sulfide) groups is 1. The Morgan fingerprint density at radius 3 is 2.78 bits per heavy atom. The van der Waals surface area contributed by atoms with E-state index in [9.17, 15) is 4.79 Å². The fraction of sp³-hybridized carbons (Fsp3) is 0.150. The zero-order valence-electron chi connectivity index (χ0n) is 14.7. The van der Waals surface area contributed by atoms with E-state index in [1.54, 1.807) is 0 Å². The van der Waals surface area contributed by atoms with Crippen molar-refractivity contribution in [2.45, 2.75) is 23.9 Å². The van der Waals surface area contributed by atoms with Gasteiger partial charge < -0.3 is 14.7 Å². The Morgan fingerprint density at radius 2 is 1.93 bits per heavy atom. The molecule has 0 fully saturated rings. The van der Waals surface area contributed by atoms with Gasteiger partial charge in [-0.15, -0.1) is 10.2 Å². The smallest absolute Gasteiger partial charge is 0.277 e. The molecule has 2 heterocycles. The maximum atomic E-state index is 12.3. The van der Waals surface area contributed by atoms with Crippen LogP contribution < -0.4 is 5.32 Å². The number of carbonyl (C=O) groups is 1. The predicted molar refractivity (Wildman–Crippen MR) is 105 cm³/mol. The molecule has 0 radical (unpaired) electrons. The molecule has 0 saturated heterocycles. The van der Waals surface area contributed by atoms with Gasteiger partial charge in [0.15, 0.2) is 0 Å². The number of nitrogens with one attached hydrogen (secondary N) is 2. The van der Waals surface area contributed by atoms with Crippen LogP contribution in [-0.4, -0.2) is 26.3 Å². The maximum absolute atomic E-state index is 12.3. The highest BCUT2D eigenvalue weighted by molar-refractivity contribution is 8.00. The SMILES string of the molecule is C[C@H](Sc1nnc(-c2c[nH]c3ccccc23)o1)C(=O)NCc1ccccc1. The lowest BCUT2D eigenvalue weighted by molar-refractivity contribution is -0.120. The molecule has 1 atom stereocenters. The molecule has 6 nitrogen and oxygen atoms in total. The Morgan fingerprint density at radius 1 is 1.15 bits per heavy atom. The summed E-state index contributed by atoms with van der Waals surface area (Å²) >= 11 is 1.25. The molecular formula is C20H18N4O2S. The maximum Gasteiger partial charge on any atom is 0.277 e. The summed E-state index contributed by atoms with van der Waals surface area (Å²) in [5.74, 6) is 0.363. The summed E-state index contributed by atoms with van der Waals surface area (Å²) in [7, 11) is 0. The first-order valence-corrected chi connectivity index (χ1v) is 9.47. The van der Waals surface area contributed by atoms with E-state index in [0.717, 1.165) is 22.0 Å². The van der Waals surface area contributed by atoms with Crippen molar-refractivity contribution in [2.75, 3.05) is 0 Å². The summed E-state index contributed by atoms with van der Waals surface area (Å²) in [5, 5.41) is 12.2. The molecule has 27 heavy (non-hydrogen) atoms. The van der Waals surface area contributed by atoms with Crippen molar-refractivity contribution in [3.8, 4) is 11.5 Å². The van der Waals surface area contributed by atoms with Crippen molar-refractivity contribution in [1.82, 2.24) is 20.5 Å². The number of benzene rings is 2. The van der Waals surface area contributed by atoms with Crippen LogP contribution in [0.5, 0.6) is 0 Å². The number of amides is 1. The van der Waals surface area contributed by atoms with Gasteiger partial charge in [0.2, 0.25) is 5.91 Å². The van der Waals surface area contributed by atoms with Gasteiger partial charge in [0, 0.05) is 23.6 Å². The van der Waals surface area contributed by atoms with Crippen molar-refractivity contribution in [3.05, 3.63) is 66.4 Å². The summed E-state index contributed by atoms with van der Waals surface area (Å²) in [6.07, 6.45) is 1.85. The number of carbonyl (C=O) groups excluding carboxylic acids is 1. The van der Waals surface area contributed by atoms with Gasteiger partial charge in [-0.2, -0.15) is 0 Å². The van der Waals surface area contributed by atoms with Crippen molar-refractivity contribution in [3.63, 3.8) is 0 Å². The quantitative estimate of drug-likeness (QED) is 0.495. The zero-order chi connectivity index (χ0) is 18.6. The van der Waals surface area contributed by atoms with Crippen molar-refractivity contribution < 1.29 is 9.21 Å². The van der Waals surface area contributed by atoms with Crippen molar-refractivity contribution in [2.24, 2.45) is 0 Å². The third-order valence-corrected chi connectivity index (χ3v) is 5.12. The molecule has 7 heteroatoms. The predicted octanol–water partition coefficient (Wildman–Crippen LogP) is 4.01. The molecule has 0 bridgehead atoms. The van der Waals surface area contributed by atoms with Crippen LogP contribution in [0.25, 0.3) is 22.4 Å². The van der Waals surface area contributed by atoms with Crippen LogP contribution in [0, 0.1) is 0 Å². The summed E-state index contributed by atoms with van der Waals surface area (Å²) < 4.78 is 5.76. The van der Waals surface area contributed by atoms with Gasteiger partial charge in [-0.3, -0.25) is 4.79 Å². The largest absolute Gasteiger partial charge is 0.411 e. The normalized spacial score (nSPS) is 12.2. The molecule has 0 aliphatic rings. The van der Waals surface area contributed by atoms with E-state index >= 15 is 0 Å². The molecule has 0 unspecified atom stereocenters. The second-order valence-electron chi connectivity index (χ2n) is 6.08. The molecular weight excluding hydrogens is 360 g/mol. The van der Waals surface area contributed by atoms with E-state index in [4.69, 9.17) is 4.42 Å². The van der Waals surface area contributed by atoms with Gasteiger partial charge in [0.05, 0.1) is 10.8 Å². The minimum atomic E-state index is -0.343. The summed E-state index contributed by atoms with van der Waals surface area (Å²) in [5.41, 5.74) is 2.92. The molecule has 2 aromatic carbocycles. The Balaban J connectivity index is 1.40. The first-order chi connectivity index (χ1) is 13.2. The highest BCUT2D eigenvalue weighted by atomic mass is 32.2. The van der Waals surface area contributed by atoms with Gasteiger partial charge in [-0.1, -0.05) is 60.3 Å². The van der Waals surface area contributed by atoms with Crippen LogP contribution in [-0.2, 0) is 11.3 Å². The van der Waals surface area contributed by atoms with E-state index < -0.39 is 0 Å². The Hall–Kier alpha value is -3.06. The molecule has 1 amide bonds. The molecule has 136 valence electrons. The topological polar surface area (TPSA) is 83.8 Å². The molecule has 4 aromatic rings. The third kappa shape index (κ3) is 3.88. The van der Waals surface area contributed by atoms with E-state index in [-0.39, 0.29) is 11.2 Å². The second kappa shape index (κ2) is 7.67. The first-order valence-electron chi connectivity index (χ1n) is 8.59. The van der Waals surface area contributed by atoms with Gasteiger partial charge in [0.1, 0.15) is 0 Å². The molecule has 4 rings (SSSR count). The van der Waals surface area contributed by atoms with E-state index in [2.05, 4.69) is 20.5 Å². The molecule has 0 saturated carbocycles. The van der Waals surface area contributed by atoms with Gasteiger partial charge >= 0.3 is 0 Å². The van der Waals surface area contributed by atoms with Crippen LogP contribution in [0.4, 0.5) is 0 Å². The van der Waals surface area contributed by atoms with Crippen LogP contribution in [0.1, 0.15) is 12.5 Å². The molecule has 0 aliphatic heterocycles. The lowest BCUT2D eigenvalue weighted by Crippen LogP contribution is -2.30. The standard InChI is InChI=1S/C20H18N4O2S/c1-13(18(25)22-11-14-7-3-2-4-8-14)27-20-24-23-19(26-20)16-12-21-17-10-6-5-9-15(16)17/h2-10,12-13,21H,11H2,1H3,(H,22,25)/t13-/m0/s1. The van der Waals surface area contributed by atoms with Crippen LogP contribution in [0.3, 0.4) is 0 Å². The lowest BCUT2D eigenvalue weighted by atomic mass is 10.2. The lowest BCUT2D eigenvalue weighted by Gasteiger charge is -2.09. The van der Waals surface area contributed by atoms with E-state index in [1.165, 1.54) is 11.8 Å². The average molecular weight is 378 g/mol. The highest BCUT2D eigenvalue weighted by Crippen LogP contribution is 2.30. The number of aromatic nitrogens is 3. The molecule has 0 spiro atoms. The van der Waals surface area contributed by atoms with Crippen LogP contribution in [0.2, 0.25) is 0 Å². The Kier molecular flexibility index (Phi) is 4.93. The van der Waals surface area contributed by atoms with Gasteiger partial charge in [-0.05, 0) is 18.6 Å². The fourth-order valence-electron chi connectivity index (χ4n) is 2.75. The second-order valence-corrected chi connectivity index (χ2v) is 7.38.